The maximum atomic E-state index is 8.70. The fraction of sp³-hybridized carbons (Fsp3) is 0.273. The first-order valence-electron chi connectivity index (χ1n) is 5.04. The van der Waals surface area contributed by atoms with Crippen molar-refractivity contribution in [3.63, 3.8) is 0 Å². The molecule has 1 N–H and O–H groups in total. The molecular weight excluding hydrogens is 204 g/mol. The fourth-order valence-electron chi connectivity index (χ4n) is 1.27. The summed E-state index contributed by atoms with van der Waals surface area (Å²) < 4.78 is 0. The van der Waals surface area contributed by atoms with Gasteiger partial charge in [0.1, 0.15) is 0 Å². The number of hydrogen-bond donors (Lipinski definition) is 1. The summed E-state index contributed by atoms with van der Waals surface area (Å²) in [6.45, 7) is 2.03. The lowest BCUT2D eigenvalue weighted by molar-refractivity contribution is 0.295. The molecule has 0 aliphatic rings. The molecule has 5 heteroatoms. The average molecular weight is 216 g/mol. The molecule has 1 heterocycles. The summed E-state index contributed by atoms with van der Waals surface area (Å²) in [5, 5.41) is 24.4. The number of aliphatic hydroxyl groups is 1. The van der Waals surface area contributed by atoms with E-state index in [1.165, 1.54) is 5.56 Å². The number of benzene rings is 1. The summed E-state index contributed by atoms with van der Waals surface area (Å²) in [5.41, 5.74) is 2.07. The third kappa shape index (κ3) is 2.38. The van der Waals surface area contributed by atoms with Gasteiger partial charge in [-0.25, -0.2) is 0 Å². The Morgan fingerprint density at radius 3 is 2.19 bits per heavy atom. The Labute approximate surface area is 93.2 Å². The van der Waals surface area contributed by atoms with Gasteiger partial charge in [-0.3, -0.25) is 0 Å². The Bertz CT molecular complexity index is 452. The predicted molar refractivity (Wildman–Crippen MR) is 58.6 cm³/mol. The van der Waals surface area contributed by atoms with Crippen molar-refractivity contribution in [1.82, 2.24) is 20.4 Å². The Kier molecular flexibility index (Phi) is 3.16. The first-order chi connectivity index (χ1) is 7.79. The Morgan fingerprint density at radius 2 is 1.62 bits per heavy atom. The van der Waals surface area contributed by atoms with Crippen LogP contribution in [-0.4, -0.2) is 32.1 Å². The van der Waals surface area contributed by atoms with Crippen molar-refractivity contribution in [1.29, 1.82) is 0 Å². The minimum absolute atomic E-state index is 0.00718. The average Bonchev–Trinajstić information content (AvgIpc) is 2.32. The summed E-state index contributed by atoms with van der Waals surface area (Å²) in [6, 6.07) is 7.83. The van der Waals surface area contributed by atoms with E-state index in [0.29, 0.717) is 18.1 Å². The molecule has 0 atom stereocenters. The van der Waals surface area contributed by atoms with Crippen molar-refractivity contribution in [2.24, 2.45) is 0 Å². The standard InChI is InChI=1S/C11H12N4O/c1-8-2-4-9(5-3-8)11-14-12-10(6-7-16)13-15-11/h2-5,16H,6-7H2,1H3. The maximum absolute atomic E-state index is 8.70. The molecule has 0 unspecified atom stereocenters. The van der Waals surface area contributed by atoms with E-state index in [0.717, 1.165) is 5.56 Å². The highest BCUT2D eigenvalue weighted by Gasteiger charge is 2.03. The lowest BCUT2D eigenvalue weighted by Crippen LogP contribution is -2.04. The summed E-state index contributed by atoms with van der Waals surface area (Å²) in [4.78, 5) is 0. The molecule has 0 spiro atoms. The molecule has 0 fully saturated rings. The highest BCUT2D eigenvalue weighted by molar-refractivity contribution is 5.53. The van der Waals surface area contributed by atoms with Gasteiger partial charge in [-0.2, -0.15) is 0 Å². The summed E-state index contributed by atoms with van der Waals surface area (Å²) >= 11 is 0. The van der Waals surface area contributed by atoms with Crippen molar-refractivity contribution in [2.75, 3.05) is 6.61 Å². The minimum atomic E-state index is 0.00718. The van der Waals surface area contributed by atoms with Crippen LogP contribution in [0.2, 0.25) is 0 Å². The summed E-state index contributed by atoms with van der Waals surface area (Å²) in [5.74, 6) is 0.958. The normalized spacial score (nSPS) is 10.4. The molecule has 2 rings (SSSR count). The SMILES string of the molecule is Cc1ccc(-c2nnc(CCO)nn2)cc1. The van der Waals surface area contributed by atoms with Gasteiger partial charge in [-0.05, 0) is 6.92 Å². The van der Waals surface area contributed by atoms with Crippen LogP contribution in [-0.2, 0) is 6.42 Å². The summed E-state index contributed by atoms with van der Waals surface area (Å²) in [7, 11) is 0. The van der Waals surface area contributed by atoms with Crippen LogP contribution in [0, 0.1) is 6.92 Å². The topological polar surface area (TPSA) is 71.8 Å². The number of aromatic nitrogens is 4. The van der Waals surface area contributed by atoms with Gasteiger partial charge in [0.05, 0.1) is 6.61 Å². The number of nitrogens with zero attached hydrogens (tertiary/aromatic N) is 4. The summed E-state index contributed by atoms with van der Waals surface area (Å²) in [6.07, 6.45) is 0.383. The molecule has 16 heavy (non-hydrogen) atoms. The Balaban J connectivity index is 2.24. The van der Waals surface area contributed by atoms with Crippen molar-refractivity contribution in [3.8, 4) is 11.4 Å². The zero-order chi connectivity index (χ0) is 11.4. The van der Waals surface area contributed by atoms with Crippen LogP contribution in [0.4, 0.5) is 0 Å². The van der Waals surface area contributed by atoms with Crippen molar-refractivity contribution in [2.45, 2.75) is 13.3 Å². The number of hydrogen-bond acceptors (Lipinski definition) is 5. The number of aryl methyl sites for hydroxylation is 1. The molecule has 0 amide bonds. The molecule has 0 bridgehead atoms. The molecule has 82 valence electrons. The molecule has 0 aliphatic carbocycles. The van der Waals surface area contributed by atoms with Crippen molar-refractivity contribution in [3.05, 3.63) is 35.7 Å². The van der Waals surface area contributed by atoms with Gasteiger partial charge in [-0.15, -0.1) is 20.4 Å². The van der Waals surface area contributed by atoms with Gasteiger partial charge in [0.25, 0.3) is 0 Å². The minimum Gasteiger partial charge on any atom is -0.396 e. The van der Waals surface area contributed by atoms with Gasteiger partial charge >= 0.3 is 0 Å². The van der Waals surface area contributed by atoms with Crippen LogP contribution in [0.5, 0.6) is 0 Å². The molecule has 0 saturated heterocycles. The van der Waals surface area contributed by atoms with Gasteiger partial charge in [-0.1, -0.05) is 29.8 Å². The molecule has 1 aromatic heterocycles. The molecule has 0 aliphatic heterocycles. The van der Waals surface area contributed by atoms with Crippen molar-refractivity contribution < 1.29 is 5.11 Å². The van der Waals surface area contributed by atoms with Gasteiger partial charge < -0.3 is 5.11 Å². The molecule has 5 nitrogen and oxygen atoms in total. The number of aliphatic hydroxyl groups excluding tert-OH is 1. The molecular formula is C11H12N4O. The van der Waals surface area contributed by atoms with Gasteiger partial charge in [0, 0.05) is 12.0 Å². The fourth-order valence-corrected chi connectivity index (χ4v) is 1.27. The Hall–Kier alpha value is -1.88. The van der Waals surface area contributed by atoms with Crippen LogP contribution in [0.25, 0.3) is 11.4 Å². The highest BCUT2D eigenvalue weighted by Crippen LogP contribution is 2.13. The van der Waals surface area contributed by atoms with Crippen LogP contribution in [0.3, 0.4) is 0 Å². The van der Waals surface area contributed by atoms with Crippen LogP contribution >= 0.6 is 0 Å². The van der Waals surface area contributed by atoms with E-state index in [-0.39, 0.29) is 6.61 Å². The monoisotopic (exact) mass is 216 g/mol. The maximum Gasteiger partial charge on any atom is 0.203 e. The first-order valence-corrected chi connectivity index (χ1v) is 5.04. The van der Waals surface area contributed by atoms with Gasteiger partial charge in [0.15, 0.2) is 5.82 Å². The second-order valence-corrected chi connectivity index (χ2v) is 3.48. The lowest BCUT2D eigenvalue weighted by Gasteiger charge is -1.99. The van der Waals surface area contributed by atoms with Gasteiger partial charge in [0.2, 0.25) is 5.82 Å². The lowest BCUT2D eigenvalue weighted by atomic mass is 10.1. The third-order valence-electron chi connectivity index (χ3n) is 2.17. The predicted octanol–water partition coefficient (Wildman–Crippen LogP) is 0.777. The third-order valence-corrected chi connectivity index (χ3v) is 2.17. The second-order valence-electron chi connectivity index (χ2n) is 3.48. The number of rotatable bonds is 3. The molecule has 0 saturated carbocycles. The zero-order valence-corrected chi connectivity index (χ0v) is 8.96. The van der Waals surface area contributed by atoms with Crippen LogP contribution in [0.15, 0.2) is 24.3 Å². The highest BCUT2D eigenvalue weighted by atomic mass is 16.3. The molecule has 1 aromatic carbocycles. The van der Waals surface area contributed by atoms with E-state index in [4.69, 9.17) is 5.11 Å². The van der Waals surface area contributed by atoms with E-state index in [2.05, 4.69) is 20.4 Å². The zero-order valence-electron chi connectivity index (χ0n) is 8.96. The second kappa shape index (κ2) is 4.76. The molecule has 0 radical (unpaired) electrons. The molecule has 2 aromatic rings. The van der Waals surface area contributed by atoms with E-state index >= 15 is 0 Å². The van der Waals surface area contributed by atoms with Crippen molar-refractivity contribution >= 4 is 0 Å². The van der Waals surface area contributed by atoms with E-state index in [1.54, 1.807) is 0 Å². The quantitative estimate of drug-likeness (QED) is 0.820. The van der Waals surface area contributed by atoms with E-state index in [1.807, 2.05) is 31.2 Å². The Morgan fingerprint density at radius 1 is 1.00 bits per heavy atom. The first kappa shape index (κ1) is 10.6. The van der Waals surface area contributed by atoms with Crippen LogP contribution < -0.4 is 0 Å². The smallest absolute Gasteiger partial charge is 0.203 e. The largest absolute Gasteiger partial charge is 0.396 e. The van der Waals surface area contributed by atoms with Crippen LogP contribution in [0.1, 0.15) is 11.4 Å². The van der Waals surface area contributed by atoms with E-state index < -0.39 is 0 Å². The van der Waals surface area contributed by atoms with E-state index in [9.17, 15) is 0 Å².